The summed E-state index contributed by atoms with van der Waals surface area (Å²) in [4.78, 5) is 35.6. The number of carbonyl (C=O) groups is 1. The summed E-state index contributed by atoms with van der Waals surface area (Å²) in [5.74, 6) is 1.30. The van der Waals surface area contributed by atoms with E-state index in [1.54, 1.807) is 22.8 Å². The molecule has 8 heteroatoms. The van der Waals surface area contributed by atoms with Crippen LogP contribution in [-0.2, 0) is 4.79 Å². The third-order valence-corrected chi connectivity index (χ3v) is 7.14. The number of halogens is 1. The number of hydrogen-bond donors (Lipinski definition) is 0. The Labute approximate surface area is 220 Å². The van der Waals surface area contributed by atoms with Crippen molar-refractivity contribution in [3.05, 3.63) is 100 Å². The van der Waals surface area contributed by atoms with Crippen LogP contribution in [0.3, 0.4) is 0 Å². The second-order valence-corrected chi connectivity index (χ2v) is 9.75. The van der Waals surface area contributed by atoms with Gasteiger partial charge in [0.2, 0.25) is 0 Å². The molecule has 0 spiro atoms. The van der Waals surface area contributed by atoms with Crippen molar-refractivity contribution in [2.45, 2.75) is 25.9 Å². The number of nitrogens with zero attached hydrogens (tertiary/aromatic N) is 4. The average molecular weight is 517 g/mol. The van der Waals surface area contributed by atoms with Crippen LogP contribution in [0.25, 0.3) is 16.6 Å². The summed E-state index contributed by atoms with van der Waals surface area (Å²) < 4.78 is 7.36. The van der Waals surface area contributed by atoms with Gasteiger partial charge in [0.1, 0.15) is 11.6 Å². The molecule has 4 aromatic rings. The van der Waals surface area contributed by atoms with Crippen molar-refractivity contribution in [1.29, 1.82) is 0 Å². The van der Waals surface area contributed by atoms with E-state index >= 15 is 0 Å². The Morgan fingerprint density at radius 2 is 1.73 bits per heavy atom. The summed E-state index contributed by atoms with van der Waals surface area (Å²) in [5.41, 5.74) is 1.27. The maximum Gasteiger partial charge on any atom is 0.266 e. The topological polar surface area (TPSA) is 67.7 Å². The second kappa shape index (κ2) is 10.7. The van der Waals surface area contributed by atoms with E-state index in [0.29, 0.717) is 47.1 Å². The highest BCUT2D eigenvalue weighted by molar-refractivity contribution is 6.30. The summed E-state index contributed by atoms with van der Waals surface area (Å²) >= 11 is 6.12. The van der Waals surface area contributed by atoms with Crippen LogP contribution in [0.5, 0.6) is 5.75 Å². The third-order valence-electron chi connectivity index (χ3n) is 6.89. The molecule has 5 rings (SSSR count). The molecule has 3 aromatic carbocycles. The van der Waals surface area contributed by atoms with E-state index in [9.17, 15) is 9.59 Å². The van der Waals surface area contributed by atoms with Crippen molar-refractivity contribution in [2.75, 3.05) is 26.2 Å². The molecule has 0 N–H and O–H groups in total. The number of ether oxygens (including phenoxy) is 1. The second-order valence-electron chi connectivity index (χ2n) is 9.31. The maximum atomic E-state index is 13.6. The fourth-order valence-electron chi connectivity index (χ4n) is 4.89. The largest absolute Gasteiger partial charge is 0.484 e. The van der Waals surface area contributed by atoms with Crippen LogP contribution in [-0.4, -0.2) is 57.5 Å². The van der Waals surface area contributed by atoms with Crippen LogP contribution in [0.2, 0.25) is 5.02 Å². The number of aromatic nitrogens is 2. The molecular formula is C29H29ClN4O3. The first-order chi connectivity index (χ1) is 17.9. The zero-order valence-corrected chi connectivity index (χ0v) is 21.6. The van der Waals surface area contributed by atoms with Gasteiger partial charge in [-0.15, -0.1) is 0 Å². The van der Waals surface area contributed by atoms with Gasteiger partial charge >= 0.3 is 0 Å². The minimum absolute atomic E-state index is 0.00620. The first-order valence-electron chi connectivity index (χ1n) is 12.4. The lowest BCUT2D eigenvalue weighted by atomic mass is 10.1. The van der Waals surface area contributed by atoms with Crippen molar-refractivity contribution < 1.29 is 9.53 Å². The molecule has 190 valence electrons. The Balaban J connectivity index is 1.38. The van der Waals surface area contributed by atoms with Crippen LogP contribution >= 0.6 is 11.6 Å². The number of piperazine rings is 1. The van der Waals surface area contributed by atoms with Crippen LogP contribution in [0, 0.1) is 0 Å². The van der Waals surface area contributed by atoms with Gasteiger partial charge in [0.05, 0.1) is 22.6 Å². The highest BCUT2D eigenvalue weighted by Gasteiger charge is 2.32. The van der Waals surface area contributed by atoms with Gasteiger partial charge < -0.3 is 9.64 Å². The van der Waals surface area contributed by atoms with Crippen LogP contribution in [0.1, 0.15) is 25.7 Å². The van der Waals surface area contributed by atoms with Gasteiger partial charge in [0.25, 0.3) is 11.5 Å². The lowest BCUT2D eigenvalue weighted by Crippen LogP contribution is -2.55. The van der Waals surface area contributed by atoms with Crippen molar-refractivity contribution in [1.82, 2.24) is 19.4 Å². The summed E-state index contributed by atoms with van der Waals surface area (Å²) in [6, 6.07) is 23.8. The Hall–Kier alpha value is -3.68. The van der Waals surface area contributed by atoms with Gasteiger partial charge in [0.15, 0.2) is 6.61 Å². The van der Waals surface area contributed by atoms with E-state index < -0.39 is 0 Å². The quantitative estimate of drug-likeness (QED) is 0.371. The van der Waals surface area contributed by atoms with Crippen molar-refractivity contribution in [2.24, 2.45) is 0 Å². The van der Waals surface area contributed by atoms with Crippen molar-refractivity contribution in [3.63, 3.8) is 0 Å². The van der Waals surface area contributed by atoms with Gasteiger partial charge in [-0.25, -0.2) is 4.98 Å². The van der Waals surface area contributed by atoms with E-state index in [0.717, 1.165) is 5.69 Å². The molecule has 2 atom stereocenters. The molecule has 7 nitrogen and oxygen atoms in total. The van der Waals surface area contributed by atoms with E-state index in [-0.39, 0.29) is 30.2 Å². The lowest BCUT2D eigenvalue weighted by molar-refractivity contribution is -0.138. The SMILES string of the molecule is CC(c1nc2ccccc2c(=O)n1-c1ccc(Cl)cc1)N1CCN(C(=O)COc2ccccc2)C(C)C1. The minimum Gasteiger partial charge on any atom is -0.484 e. The molecular weight excluding hydrogens is 488 g/mol. The lowest BCUT2D eigenvalue weighted by Gasteiger charge is -2.42. The molecule has 37 heavy (non-hydrogen) atoms. The molecule has 0 radical (unpaired) electrons. The number of fused-ring (bicyclic) bond motifs is 1. The van der Waals surface area contributed by atoms with E-state index in [2.05, 4.69) is 11.8 Å². The van der Waals surface area contributed by atoms with Crippen LogP contribution in [0.4, 0.5) is 0 Å². The van der Waals surface area contributed by atoms with Crippen LogP contribution in [0.15, 0.2) is 83.7 Å². The molecule has 1 aromatic heterocycles. The van der Waals surface area contributed by atoms with Crippen molar-refractivity contribution >= 4 is 28.4 Å². The van der Waals surface area contributed by atoms with Gasteiger partial charge in [-0.1, -0.05) is 41.9 Å². The number of hydrogen-bond acceptors (Lipinski definition) is 5. The van der Waals surface area contributed by atoms with Crippen molar-refractivity contribution in [3.8, 4) is 11.4 Å². The zero-order valence-electron chi connectivity index (χ0n) is 20.9. The highest BCUT2D eigenvalue weighted by atomic mass is 35.5. The Morgan fingerprint density at radius 1 is 1.03 bits per heavy atom. The summed E-state index contributed by atoms with van der Waals surface area (Å²) in [6.45, 7) is 5.99. The molecule has 1 amide bonds. The summed E-state index contributed by atoms with van der Waals surface area (Å²) in [7, 11) is 0. The van der Waals surface area contributed by atoms with Gasteiger partial charge in [-0.05, 0) is 62.4 Å². The fourth-order valence-corrected chi connectivity index (χ4v) is 5.01. The molecule has 1 fully saturated rings. The third kappa shape index (κ3) is 5.24. The standard InChI is InChI=1S/C29H29ClN4O3/c1-20-18-32(16-17-33(20)27(35)19-37-24-8-4-3-5-9-24)21(2)28-31-26-11-7-6-10-25(26)29(36)34(28)23-14-12-22(30)13-15-23/h3-15,20-21H,16-19H2,1-2H3. The predicted molar refractivity (Wildman–Crippen MR) is 145 cm³/mol. The smallest absolute Gasteiger partial charge is 0.266 e. The molecule has 0 bridgehead atoms. The minimum atomic E-state index is -0.159. The average Bonchev–Trinajstić information content (AvgIpc) is 2.92. The molecule has 1 aliphatic heterocycles. The summed E-state index contributed by atoms with van der Waals surface area (Å²) in [6.07, 6.45) is 0. The molecule has 0 aliphatic carbocycles. The molecule has 1 aliphatic rings. The number of carbonyl (C=O) groups excluding carboxylic acids is 1. The summed E-state index contributed by atoms with van der Waals surface area (Å²) in [5, 5.41) is 1.17. The highest BCUT2D eigenvalue weighted by Crippen LogP contribution is 2.26. The zero-order chi connectivity index (χ0) is 25.9. The normalized spacial score (nSPS) is 17.1. The van der Waals surface area contributed by atoms with Gasteiger partial charge in [-0.3, -0.25) is 19.1 Å². The van der Waals surface area contributed by atoms with E-state index in [4.69, 9.17) is 21.3 Å². The predicted octanol–water partition coefficient (Wildman–Crippen LogP) is 4.71. The Morgan fingerprint density at radius 3 is 2.46 bits per heavy atom. The first kappa shape index (κ1) is 25.0. The number of para-hydroxylation sites is 2. The Kier molecular flexibility index (Phi) is 7.26. The number of rotatable bonds is 6. The monoisotopic (exact) mass is 516 g/mol. The molecule has 0 saturated carbocycles. The van der Waals surface area contributed by atoms with Crippen LogP contribution < -0.4 is 10.3 Å². The van der Waals surface area contributed by atoms with E-state index in [1.165, 1.54) is 0 Å². The van der Waals surface area contributed by atoms with Gasteiger partial charge in [-0.2, -0.15) is 0 Å². The van der Waals surface area contributed by atoms with E-state index in [1.807, 2.05) is 72.5 Å². The molecule has 1 saturated heterocycles. The maximum absolute atomic E-state index is 13.6. The number of benzene rings is 3. The molecule has 2 heterocycles. The first-order valence-corrected chi connectivity index (χ1v) is 12.8. The van der Waals surface area contributed by atoms with Gasteiger partial charge in [0, 0.05) is 30.7 Å². The fraction of sp³-hybridized carbons (Fsp3) is 0.276. The molecule has 2 unspecified atom stereocenters. The Bertz CT molecular complexity index is 1460. The number of amides is 1.